The van der Waals surface area contributed by atoms with E-state index in [-0.39, 0.29) is 35.7 Å². The van der Waals surface area contributed by atoms with Gasteiger partial charge in [-0.25, -0.2) is 17.5 Å². The van der Waals surface area contributed by atoms with Gasteiger partial charge < -0.3 is 10.6 Å². The van der Waals surface area contributed by atoms with Crippen LogP contribution in [0.15, 0.2) is 29.2 Å². The monoisotopic (exact) mass is 422 g/mol. The third-order valence-electron chi connectivity index (χ3n) is 5.16. The highest BCUT2D eigenvalue weighted by atomic mass is 32.2. The van der Waals surface area contributed by atoms with Crippen LogP contribution in [0, 0.1) is 18.2 Å². The normalized spacial score (nSPS) is 24.4. The molecule has 10 heteroatoms. The molecule has 0 spiro atoms. The van der Waals surface area contributed by atoms with E-state index in [9.17, 15) is 22.4 Å². The summed E-state index contributed by atoms with van der Waals surface area (Å²) in [5, 5.41) is 5.43. The number of rotatable bonds is 7. The van der Waals surface area contributed by atoms with E-state index in [1.54, 1.807) is 0 Å². The van der Waals surface area contributed by atoms with Crippen LogP contribution < -0.4 is 15.4 Å². The molecule has 1 aromatic carbocycles. The molecule has 0 aromatic heterocycles. The number of nitrogens with one attached hydrogen (secondary N) is 3. The molecule has 3 rings (SSSR count). The van der Waals surface area contributed by atoms with Crippen LogP contribution in [0.3, 0.4) is 0 Å². The lowest BCUT2D eigenvalue weighted by Crippen LogP contribution is -2.58. The summed E-state index contributed by atoms with van der Waals surface area (Å²) in [4.78, 5) is 26.0. The van der Waals surface area contributed by atoms with E-state index < -0.39 is 27.9 Å². The fourth-order valence-corrected chi connectivity index (χ4v) is 5.01. The highest BCUT2D eigenvalue weighted by Crippen LogP contribution is 2.26. The number of terminal acetylenes is 1. The number of sulfonamides is 1. The zero-order chi connectivity index (χ0) is 21.0. The van der Waals surface area contributed by atoms with Crippen molar-refractivity contribution in [1.29, 1.82) is 0 Å². The number of nitrogens with zero attached hydrogens (tertiary/aromatic N) is 1. The molecule has 2 aliphatic heterocycles. The predicted molar refractivity (Wildman–Crippen MR) is 103 cm³/mol. The number of piperazine rings is 1. The van der Waals surface area contributed by atoms with E-state index in [0.717, 1.165) is 12.1 Å². The molecule has 0 saturated carbocycles. The second kappa shape index (κ2) is 8.90. The third-order valence-corrected chi connectivity index (χ3v) is 6.70. The summed E-state index contributed by atoms with van der Waals surface area (Å²) in [6.45, 7) is 0.921. The van der Waals surface area contributed by atoms with E-state index in [2.05, 4.69) is 21.3 Å². The summed E-state index contributed by atoms with van der Waals surface area (Å²) < 4.78 is 40.8. The summed E-state index contributed by atoms with van der Waals surface area (Å²) in [5.41, 5.74) is 0. The van der Waals surface area contributed by atoms with Gasteiger partial charge in [0.25, 0.3) is 0 Å². The minimum absolute atomic E-state index is 0.0324. The van der Waals surface area contributed by atoms with Gasteiger partial charge in [0.2, 0.25) is 21.8 Å². The van der Waals surface area contributed by atoms with Gasteiger partial charge in [0, 0.05) is 31.6 Å². The van der Waals surface area contributed by atoms with Gasteiger partial charge in [0.15, 0.2) is 0 Å². The molecule has 156 valence electrons. The van der Waals surface area contributed by atoms with Gasteiger partial charge in [0.1, 0.15) is 5.82 Å². The number of fused-ring (bicyclic) bond motifs is 1. The lowest BCUT2D eigenvalue weighted by molar-refractivity contribution is -0.129. The fourth-order valence-electron chi connectivity index (χ4n) is 3.77. The molecule has 3 unspecified atom stereocenters. The molecule has 3 N–H and O–H groups in total. The number of carbonyl (C=O) groups excluding carboxylic acids is 2. The van der Waals surface area contributed by atoms with Crippen molar-refractivity contribution in [2.24, 2.45) is 0 Å². The summed E-state index contributed by atoms with van der Waals surface area (Å²) in [7, 11) is -3.83. The molecular weight excluding hydrogens is 399 g/mol. The SMILES string of the molecule is C#CCNC(=O)CCC1CNC(=O)C2CC(NS(=O)(=O)c3ccc(F)cc3)CN12. The molecule has 3 atom stereocenters. The van der Waals surface area contributed by atoms with Gasteiger partial charge in [-0.15, -0.1) is 6.42 Å². The number of benzene rings is 1. The van der Waals surface area contributed by atoms with Crippen molar-refractivity contribution in [2.45, 2.75) is 42.3 Å². The predicted octanol–water partition coefficient (Wildman–Crippen LogP) is -0.425. The minimum Gasteiger partial charge on any atom is -0.353 e. The van der Waals surface area contributed by atoms with Crippen molar-refractivity contribution < 1.29 is 22.4 Å². The average Bonchev–Trinajstić information content (AvgIpc) is 3.10. The molecule has 2 saturated heterocycles. The molecule has 0 bridgehead atoms. The molecule has 1 aromatic rings. The Kier molecular flexibility index (Phi) is 6.52. The van der Waals surface area contributed by atoms with Crippen molar-refractivity contribution in [1.82, 2.24) is 20.3 Å². The van der Waals surface area contributed by atoms with Gasteiger partial charge in [-0.2, -0.15) is 0 Å². The maximum atomic E-state index is 13.1. The van der Waals surface area contributed by atoms with Crippen LogP contribution in [0.1, 0.15) is 19.3 Å². The lowest BCUT2D eigenvalue weighted by Gasteiger charge is -2.37. The van der Waals surface area contributed by atoms with Crippen molar-refractivity contribution in [2.75, 3.05) is 19.6 Å². The van der Waals surface area contributed by atoms with Gasteiger partial charge in [-0.3, -0.25) is 14.5 Å². The van der Waals surface area contributed by atoms with Crippen LogP contribution in [0.5, 0.6) is 0 Å². The van der Waals surface area contributed by atoms with Crippen molar-refractivity contribution in [3.8, 4) is 12.3 Å². The average molecular weight is 422 g/mol. The molecular formula is C19H23FN4O4S. The maximum Gasteiger partial charge on any atom is 0.240 e. The summed E-state index contributed by atoms with van der Waals surface area (Å²) in [5.74, 6) is 1.50. The van der Waals surface area contributed by atoms with Crippen LogP contribution in [0.4, 0.5) is 4.39 Å². The quantitative estimate of drug-likeness (QED) is 0.517. The first kappa shape index (κ1) is 21.2. The number of carbonyl (C=O) groups is 2. The second-order valence-electron chi connectivity index (χ2n) is 7.14. The Morgan fingerprint density at radius 3 is 2.76 bits per heavy atom. The fraction of sp³-hybridized carbons (Fsp3) is 0.474. The lowest BCUT2D eigenvalue weighted by atomic mass is 10.0. The molecule has 0 aliphatic carbocycles. The summed E-state index contributed by atoms with van der Waals surface area (Å²) >= 11 is 0. The highest BCUT2D eigenvalue weighted by molar-refractivity contribution is 7.89. The molecule has 2 heterocycles. The van der Waals surface area contributed by atoms with Crippen LogP contribution in [0.25, 0.3) is 0 Å². The van der Waals surface area contributed by atoms with Crippen LogP contribution >= 0.6 is 0 Å². The van der Waals surface area contributed by atoms with Gasteiger partial charge >= 0.3 is 0 Å². The minimum atomic E-state index is -3.83. The van der Waals surface area contributed by atoms with E-state index in [1.807, 2.05) is 4.90 Å². The van der Waals surface area contributed by atoms with Gasteiger partial charge in [-0.1, -0.05) is 5.92 Å². The van der Waals surface area contributed by atoms with Crippen LogP contribution in [-0.2, 0) is 19.6 Å². The second-order valence-corrected chi connectivity index (χ2v) is 8.85. The first-order valence-corrected chi connectivity index (χ1v) is 10.8. The van der Waals surface area contributed by atoms with Crippen LogP contribution in [0.2, 0.25) is 0 Å². The molecule has 2 fully saturated rings. The first-order valence-electron chi connectivity index (χ1n) is 9.31. The Morgan fingerprint density at radius 1 is 1.34 bits per heavy atom. The number of hydrogen-bond donors (Lipinski definition) is 3. The molecule has 2 aliphatic rings. The zero-order valence-corrected chi connectivity index (χ0v) is 16.5. The van der Waals surface area contributed by atoms with Crippen molar-refractivity contribution >= 4 is 21.8 Å². The topological polar surface area (TPSA) is 108 Å². The van der Waals surface area contributed by atoms with Crippen LogP contribution in [-0.4, -0.2) is 62.9 Å². The number of halogens is 1. The van der Waals surface area contributed by atoms with E-state index in [1.165, 1.54) is 12.1 Å². The smallest absolute Gasteiger partial charge is 0.240 e. The van der Waals surface area contributed by atoms with Crippen molar-refractivity contribution in [3.05, 3.63) is 30.1 Å². The standard InChI is InChI=1S/C19H23FN4O4S/c1-2-9-21-18(25)8-5-15-11-22-19(26)17-10-14(12-24(15)17)23-29(27,28)16-6-3-13(20)4-7-16/h1,3-4,6-7,14-15,17,23H,5,8-12H2,(H,21,25)(H,22,26). The molecule has 29 heavy (non-hydrogen) atoms. The maximum absolute atomic E-state index is 13.1. The largest absolute Gasteiger partial charge is 0.353 e. The highest BCUT2D eigenvalue weighted by Gasteiger charge is 2.44. The van der Waals surface area contributed by atoms with Crippen molar-refractivity contribution in [3.63, 3.8) is 0 Å². The zero-order valence-electron chi connectivity index (χ0n) is 15.7. The van der Waals surface area contributed by atoms with Gasteiger partial charge in [0.05, 0.1) is 17.5 Å². The third kappa shape index (κ3) is 5.12. The van der Waals surface area contributed by atoms with E-state index in [0.29, 0.717) is 25.9 Å². The Hall–Kier alpha value is -2.48. The first-order chi connectivity index (χ1) is 13.8. The Morgan fingerprint density at radius 2 is 2.07 bits per heavy atom. The molecule has 0 radical (unpaired) electrons. The summed E-state index contributed by atoms with van der Waals surface area (Å²) in [6, 6.07) is 3.58. The molecule has 8 nitrogen and oxygen atoms in total. The van der Waals surface area contributed by atoms with E-state index >= 15 is 0 Å². The number of hydrogen-bond acceptors (Lipinski definition) is 5. The summed E-state index contributed by atoms with van der Waals surface area (Å²) in [6.07, 6.45) is 6.23. The Labute approximate surface area is 169 Å². The number of amides is 2. The molecule has 2 amide bonds. The Balaban J connectivity index is 1.63. The van der Waals surface area contributed by atoms with E-state index in [4.69, 9.17) is 6.42 Å². The van der Waals surface area contributed by atoms with Gasteiger partial charge in [-0.05, 0) is 37.1 Å². The Bertz CT molecular complexity index is 913.